The number of carbonyl (C=O) groups is 2. The molecule has 0 radical (unpaired) electrons. The first-order valence-corrected chi connectivity index (χ1v) is 6.96. The molecule has 0 spiro atoms. The Morgan fingerprint density at radius 3 is 2.05 bits per heavy atom. The summed E-state index contributed by atoms with van der Waals surface area (Å²) >= 11 is 1.46. The lowest BCUT2D eigenvalue weighted by atomic mass is 10.0. The second-order valence-corrected chi connectivity index (χ2v) is 6.05. The zero-order valence-corrected chi connectivity index (χ0v) is 12.8. The zero-order chi connectivity index (χ0) is 14.7. The highest BCUT2D eigenvalue weighted by atomic mass is 32.2. The van der Waals surface area contributed by atoms with Gasteiger partial charge in [-0.3, -0.25) is 10.1 Å². The van der Waals surface area contributed by atoms with E-state index in [-0.39, 0.29) is 11.2 Å². The Kier molecular flexibility index (Phi) is 5.00. The summed E-state index contributed by atoms with van der Waals surface area (Å²) in [4.78, 5) is 23.5. The van der Waals surface area contributed by atoms with Gasteiger partial charge in [0.25, 0.3) is 0 Å². The van der Waals surface area contributed by atoms with Gasteiger partial charge in [0.2, 0.25) is 5.91 Å². The molecule has 3 N–H and O–H groups in total. The smallest absolute Gasteiger partial charge is 0.318 e. The quantitative estimate of drug-likeness (QED) is 0.836. The van der Waals surface area contributed by atoms with Crippen LogP contribution in [0.3, 0.4) is 0 Å². The molecule has 19 heavy (non-hydrogen) atoms. The first-order valence-electron chi connectivity index (χ1n) is 6.08. The molecular formula is C14H20N2O2S. The van der Waals surface area contributed by atoms with Gasteiger partial charge >= 0.3 is 6.03 Å². The van der Waals surface area contributed by atoms with E-state index in [0.29, 0.717) is 0 Å². The number of hydrogen-bond donors (Lipinski definition) is 2. The molecule has 1 atom stereocenters. The first kappa shape index (κ1) is 15.6. The largest absolute Gasteiger partial charge is 0.351 e. The SMILES string of the molecule is Cc1cc(C)c(C)c(S[C@H](C)C(=O)NC(N)=O)c1C. The number of nitrogens with one attached hydrogen (secondary N) is 1. The molecule has 3 amide bonds. The highest BCUT2D eigenvalue weighted by Crippen LogP contribution is 2.33. The van der Waals surface area contributed by atoms with E-state index in [9.17, 15) is 9.59 Å². The first-order chi connectivity index (χ1) is 8.73. The molecule has 0 fully saturated rings. The second-order valence-electron chi connectivity index (χ2n) is 4.70. The van der Waals surface area contributed by atoms with Crippen LogP contribution in [0.4, 0.5) is 4.79 Å². The number of amides is 3. The van der Waals surface area contributed by atoms with Crippen LogP contribution in [0.1, 0.15) is 29.2 Å². The molecule has 0 saturated heterocycles. The number of thioether (sulfide) groups is 1. The maximum atomic E-state index is 11.7. The van der Waals surface area contributed by atoms with E-state index in [0.717, 1.165) is 4.90 Å². The number of primary amides is 1. The van der Waals surface area contributed by atoms with Crippen LogP contribution in [0.15, 0.2) is 11.0 Å². The Balaban J connectivity index is 3.00. The molecule has 104 valence electrons. The lowest BCUT2D eigenvalue weighted by molar-refractivity contribution is -0.119. The number of aryl methyl sites for hydroxylation is 2. The fourth-order valence-electron chi connectivity index (χ4n) is 1.81. The molecule has 1 aromatic carbocycles. The standard InChI is InChI=1S/C14H20N2O2S/c1-7-6-8(2)10(4)12(9(7)3)19-11(5)13(17)16-14(15)18/h6,11H,1-5H3,(H3,15,16,17,18)/t11-/m1/s1. The van der Waals surface area contributed by atoms with Crippen molar-refractivity contribution in [2.24, 2.45) is 5.73 Å². The molecule has 0 unspecified atom stereocenters. The van der Waals surface area contributed by atoms with E-state index in [1.165, 1.54) is 34.0 Å². The van der Waals surface area contributed by atoms with Crippen molar-refractivity contribution in [2.45, 2.75) is 44.8 Å². The van der Waals surface area contributed by atoms with Crippen molar-refractivity contribution in [2.75, 3.05) is 0 Å². The van der Waals surface area contributed by atoms with Crippen LogP contribution >= 0.6 is 11.8 Å². The van der Waals surface area contributed by atoms with Crippen LogP contribution in [-0.2, 0) is 4.79 Å². The molecular weight excluding hydrogens is 260 g/mol. The fourth-order valence-corrected chi connectivity index (χ4v) is 3.01. The molecule has 0 heterocycles. The van der Waals surface area contributed by atoms with Crippen LogP contribution in [0.25, 0.3) is 0 Å². The summed E-state index contributed by atoms with van der Waals surface area (Å²) in [6.07, 6.45) is 0. The van der Waals surface area contributed by atoms with E-state index in [1.807, 2.05) is 13.8 Å². The number of hydrogen-bond acceptors (Lipinski definition) is 3. The summed E-state index contributed by atoms with van der Waals surface area (Å²) in [5.74, 6) is -0.365. The molecule has 0 aliphatic carbocycles. The molecule has 1 rings (SSSR count). The van der Waals surface area contributed by atoms with Crippen LogP contribution in [-0.4, -0.2) is 17.2 Å². The third kappa shape index (κ3) is 3.73. The summed E-state index contributed by atoms with van der Waals surface area (Å²) in [5.41, 5.74) is 9.70. The average Bonchev–Trinajstić information content (AvgIpc) is 2.31. The highest BCUT2D eigenvalue weighted by molar-refractivity contribution is 8.00. The van der Waals surface area contributed by atoms with Gasteiger partial charge in [0, 0.05) is 4.90 Å². The molecule has 5 heteroatoms. The number of urea groups is 1. The lowest BCUT2D eigenvalue weighted by Crippen LogP contribution is -2.39. The topological polar surface area (TPSA) is 72.2 Å². The van der Waals surface area contributed by atoms with Gasteiger partial charge in [-0.15, -0.1) is 11.8 Å². The summed E-state index contributed by atoms with van der Waals surface area (Å²) in [6, 6.07) is 1.33. The van der Waals surface area contributed by atoms with Crippen LogP contribution in [0.5, 0.6) is 0 Å². The summed E-state index contributed by atoms with van der Waals surface area (Å²) < 4.78 is 0. The Labute approximate surface area is 118 Å². The maximum absolute atomic E-state index is 11.7. The van der Waals surface area contributed by atoms with Crippen molar-refractivity contribution in [3.8, 4) is 0 Å². The normalized spacial score (nSPS) is 12.1. The molecule has 1 aromatic rings. The molecule has 0 bridgehead atoms. The number of rotatable bonds is 3. The van der Waals surface area contributed by atoms with E-state index < -0.39 is 6.03 Å². The van der Waals surface area contributed by atoms with Crippen LogP contribution < -0.4 is 11.1 Å². The minimum absolute atomic E-state index is 0.365. The van der Waals surface area contributed by atoms with Gasteiger partial charge < -0.3 is 5.73 Å². The van der Waals surface area contributed by atoms with Gasteiger partial charge in [-0.25, -0.2) is 4.79 Å². The molecule has 0 aliphatic heterocycles. The van der Waals surface area contributed by atoms with Gasteiger partial charge in [0.1, 0.15) is 0 Å². The molecule has 0 aromatic heterocycles. The van der Waals surface area contributed by atoms with E-state index in [2.05, 4.69) is 25.2 Å². The predicted octanol–water partition coefficient (Wildman–Crippen LogP) is 2.60. The second kappa shape index (κ2) is 6.10. The van der Waals surface area contributed by atoms with Crippen molar-refractivity contribution in [1.29, 1.82) is 0 Å². The molecule has 0 saturated carbocycles. The lowest BCUT2D eigenvalue weighted by Gasteiger charge is -2.17. The van der Waals surface area contributed by atoms with E-state index in [4.69, 9.17) is 5.73 Å². The van der Waals surface area contributed by atoms with Gasteiger partial charge in [-0.1, -0.05) is 6.07 Å². The molecule has 0 aliphatic rings. The van der Waals surface area contributed by atoms with Crippen molar-refractivity contribution < 1.29 is 9.59 Å². The number of nitrogens with two attached hydrogens (primary N) is 1. The van der Waals surface area contributed by atoms with E-state index in [1.54, 1.807) is 6.92 Å². The average molecular weight is 280 g/mol. The van der Waals surface area contributed by atoms with Crippen molar-refractivity contribution in [3.05, 3.63) is 28.3 Å². The zero-order valence-electron chi connectivity index (χ0n) is 12.0. The Morgan fingerprint density at radius 2 is 1.63 bits per heavy atom. The van der Waals surface area contributed by atoms with Crippen molar-refractivity contribution in [1.82, 2.24) is 5.32 Å². The van der Waals surface area contributed by atoms with Gasteiger partial charge in [0.15, 0.2) is 0 Å². The predicted molar refractivity (Wildman–Crippen MR) is 78.4 cm³/mol. The number of carbonyl (C=O) groups excluding carboxylic acids is 2. The maximum Gasteiger partial charge on any atom is 0.318 e. The van der Waals surface area contributed by atoms with Crippen molar-refractivity contribution >= 4 is 23.7 Å². The molecule has 4 nitrogen and oxygen atoms in total. The van der Waals surface area contributed by atoms with Gasteiger partial charge in [-0.2, -0.15) is 0 Å². The van der Waals surface area contributed by atoms with Crippen molar-refractivity contribution in [3.63, 3.8) is 0 Å². The van der Waals surface area contributed by atoms with Crippen LogP contribution in [0.2, 0.25) is 0 Å². The van der Waals surface area contributed by atoms with Crippen LogP contribution in [0, 0.1) is 27.7 Å². The number of benzene rings is 1. The third-order valence-corrected chi connectivity index (χ3v) is 4.62. The Morgan fingerprint density at radius 1 is 1.16 bits per heavy atom. The van der Waals surface area contributed by atoms with E-state index >= 15 is 0 Å². The summed E-state index contributed by atoms with van der Waals surface area (Å²) in [6.45, 7) is 9.96. The highest BCUT2D eigenvalue weighted by Gasteiger charge is 2.19. The Hall–Kier alpha value is -1.49. The van der Waals surface area contributed by atoms with Gasteiger partial charge in [-0.05, 0) is 56.9 Å². The summed E-state index contributed by atoms with van der Waals surface area (Å²) in [5, 5.41) is 1.74. The minimum Gasteiger partial charge on any atom is -0.351 e. The fraction of sp³-hybridized carbons (Fsp3) is 0.429. The minimum atomic E-state index is -0.814. The summed E-state index contributed by atoms with van der Waals surface area (Å²) in [7, 11) is 0. The third-order valence-electron chi connectivity index (χ3n) is 3.21. The monoisotopic (exact) mass is 280 g/mol. The van der Waals surface area contributed by atoms with Gasteiger partial charge in [0.05, 0.1) is 5.25 Å². The number of imide groups is 1. The Bertz CT molecular complexity index is 500.